The molecule has 0 bridgehead atoms. The fourth-order valence-electron chi connectivity index (χ4n) is 2.19. The second kappa shape index (κ2) is 6.94. The van der Waals surface area contributed by atoms with Gasteiger partial charge in [-0.05, 0) is 6.07 Å². The Morgan fingerprint density at radius 2 is 2.24 bits per heavy atom. The average molecular weight is 294 g/mol. The van der Waals surface area contributed by atoms with Gasteiger partial charge in [0.25, 0.3) is 0 Å². The Kier molecular flexibility index (Phi) is 4.99. The molecule has 2 unspecified atom stereocenters. The van der Waals surface area contributed by atoms with Crippen molar-refractivity contribution in [1.29, 1.82) is 0 Å². The van der Waals surface area contributed by atoms with Crippen molar-refractivity contribution in [2.45, 2.75) is 18.5 Å². The summed E-state index contributed by atoms with van der Waals surface area (Å²) in [6, 6.07) is 5.62. The maximum absolute atomic E-state index is 11.9. The van der Waals surface area contributed by atoms with Crippen LogP contribution in [0.15, 0.2) is 24.3 Å². The Bertz CT molecular complexity index is 520. The van der Waals surface area contributed by atoms with Gasteiger partial charge < -0.3 is 25.2 Å². The number of ether oxygens (including phenoxy) is 2. The van der Waals surface area contributed by atoms with Crippen molar-refractivity contribution >= 4 is 12.0 Å². The van der Waals surface area contributed by atoms with Crippen LogP contribution in [0.3, 0.4) is 0 Å². The first-order chi connectivity index (χ1) is 10.1. The number of benzene rings is 1. The number of fused-ring (bicyclic) bond motifs is 1. The van der Waals surface area contributed by atoms with Crippen molar-refractivity contribution in [2.24, 2.45) is 0 Å². The van der Waals surface area contributed by atoms with E-state index in [-0.39, 0.29) is 12.6 Å². The van der Waals surface area contributed by atoms with Crippen LogP contribution in [0.5, 0.6) is 5.75 Å². The highest BCUT2D eigenvalue weighted by molar-refractivity contribution is 5.82. The summed E-state index contributed by atoms with van der Waals surface area (Å²) >= 11 is 0. The van der Waals surface area contributed by atoms with Crippen molar-refractivity contribution in [3.05, 3.63) is 29.8 Å². The van der Waals surface area contributed by atoms with Gasteiger partial charge in [0, 0.05) is 19.1 Å². The topological polar surface area (TPSA) is 96.9 Å². The number of hydrogen-bond donors (Lipinski definition) is 3. The van der Waals surface area contributed by atoms with Crippen LogP contribution < -0.4 is 15.4 Å². The van der Waals surface area contributed by atoms with Crippen molar-refractivity contribution in [3.63, 3.8) is 0 Å². The number of urea groups is 1. The first-order valence-corrected chi connectivity index (χ1v) is 6.62. The van der Waals surface area contributed by atoms with Gasteiger partial charge in [-0.25, -0.2) is 9.59 Å². The van der Waals surface area contributed by atoms with Gasteiger partial charge in [-0.1, -0.05) is 18.2 Å². The molecule has 1 aromatic carbocycles. The van der Waals surface area contributed by atoms with Crippen LogP contribution in [0.25, 0.3) is 0 Å². The van der Waals surface area contributed by atoms with Gasteiger partial charge in [0.2, 0.25) is 0 Å². The molecule has 21 heavy (non-hydrogen) atoms. The number of carboxylic acids is 1. The van der Waals surface area contributed by atoms with E-state index in [0.29, 0.717) is 13.0 Å². The number of hydrogen-bond acceptors (Lipinski definition) is 4. The summed E-state index contributed by atoms with van der Waals surface area (Å²) < 4.78 is 10.3. The minimum Gasteiger partial charge on any atom is -0.493 e. The molecule has 1 aliphatic rings. The molecule has 0 aliphatic carbocycles. The summed E-state index contributed by atoms with van der Waals surface area (Å²) in [6.45, 7) is 0.412. The Labute approximate surface area is 122 Å². The smallest absolute Gasteiger partial charge is 0.328 e. The lowest BCUT2D eigenvalue weighted by Gasteiger charge is -2.27. The Morgan fingerprint density at radius 3 is 2.95 bits per heavy atom. The zero-order valence-corrected chi connectivity index (χ0v) is 11.7. The number of methoxy groups -OCH3 is 1. The maximum atomic E-state index is 11.9. The summed E-state index contributed by atoms with van der Waals surface area (Å²) in [7, 11) is 1.38. The van der Waals surface area contributed by atoms with Gasteiger partial charge in [0.1, 0.15) is 5.75 Å². The predicted molar refractivity (Wildman–Crippen MR) is 74.3 cm³/mol. The zero-order chi connectivity index (χ0) is 15.2. The lowest BCUT2D eigenvalue weighted by atomic mass is 10.0. The Balaban J connectivity index is 1.99. The second-order valence-corrected chi connectivity index (χ2v) is 4.69. The standard InChI is InChI=1S/C14H18N2O5/c1-20-8-11(13(17)18)16-14(19)15-10-6-7-21-12-5-3-2-4-9(10)12/h2-5,10-11H,6-8H2,1H3,(H,17,18)(H2,15,16,19). The van der Waals surface area contributed by atoms with Gasteiger partial charge in [-0.2, -0.15) is 0 Å². The molecule has 2 atom stereocenters. The quantitative estimate of drug-likeness (QED) is 0.750. The van der Waals surface area contributed by atoms with E-state index in [1.165, 1.54) is 7.11 Å². The fraction of sp³-hybridized carbons (Fsp3) is 0.429. The van der Waals surface area contributed by atoms with E-state index < -0.39 is 18.0 Å². The lowest BCUT2D eigenvalue weighted by Crippen LogP contribution is -2.49. The molecule has 7 heteroatoms. The first-order valence-electron chi connectivity index (χ1n) is 6.62. The van der Waals surface area contributed by atoms with Crippen LogP contribution in [0.2, 0.25) is 0 Å². The summed E-state index contributed by atoms with van der Waals surface area (Å²) in [5, 5.41) is 14.1. The lowest BCUT2D eigenvalue weighted by molar-refractivity contribution is -0.140. The van der Waals surface area contributed by atoms with E-state index in [4.69, 9.17) is 14.6 Å². The number of para-hydroxylation sites is 1. The van der Waals surface area contributed by atoms with Crippen molar-refractivity contribution in [2.75, 3.05) is 20.3 Å². The van der Waals surface area contributed by atoms with E-state index in [0.717, 1.165) is 11.3 Å². The van der Waals surface area contributed by atoms with E-state index in [1.807, 2.05) is 24.3 Å². The molecule has 0 saturated heterocycles. The maximum Gasteiger partial charge on any atom is 0.328 e. The van der Waals surface area contributed by atoms with Crippen LogP contribution in [0.1, 0.15) is 18.0 Å². The van der Waals surface area contributed by atoms with E-state index in [9.17, 15) is 9.59 Å². The molecule has 1 heterocycles. The molecule has 114 valence electrons. The fourth-order valence-corrected chi connectivity index (χ4v) is 2.19. The number of amides is 2. The molecule has 0 spiro atoms. The minimum atomic E-state index is -1.14. The highest BCUT2D eigenvalue weighted by Gasteiger charge is 2.25. The molecule has 0 saturated carbocycles. The molecule has 3 N–H and O–H groups in total. The Hall–Kier alpha value is -2.28. The van der Waals surface area contributed by atoms with Crippen LogP contribution in [-0.4, -0.2) is 43.5 Å². The normalized spacial score (nSPS) is 18.0. The third kappa shape index (κ3) is 3.85. The number of carboxylic acid groups (broad SMARTS) is 1. The minimum absolute atomic E-state index is 0.0902. The summed E-state index contributed by atoms with van der Waals surface area (Å²) in [5.41, 5.74) is 0.887. The van der Waals surface area contributed by atoms with Crippen molar-refractivity contribution in [3.8, 4) is 5.75 Å². The van der Waals surface area contributed by atoms with Crippen molar-refractivity contribution < 1.29 is 24.2 Å². The highest BCUT2D eigenvalue weighted by Crippen LogP contribution is 2.31. The average Bonchev–Trinajstić information content (AvgIpc) is 2.47. The van der Waals surface area contributed by atoms with Gasteiger partial charge in [-0.3, -0.25) is 0 Å². The molecule has 2 amide bonds. The molecule has 0 aromatic heterocycles. The van der Waals surface area contributed by atoms with E-state index in [2.05, 4.69) is 10.6 Å². The number of carbonyl (C=O) groups excluding carboxylic acids is 1. The Morgan fingerprint density at radius 1 is 1.48 bits per heavy atom. The summed E-state index contributed by atoms with van der Waals surface area (Å²) in [5.74, 6) is -0.403. The van der Waals surface area contributed by atoms with Crippen molar-refractivity contribution in [1.82, 2.24) is 10.6 Å². The molecule has 7 nitrogen and oxygen atoms in total. The third-order valence-corrected chi connectivity index (χ3v) is 3.20. The molecule has 0 fully saturated rings. The summed E-state index contributed by atoms with van der Waals surface area (Å²) in [4.78, 5) is 22.9. The second-order valence-electron chi connectivity index (χ2n) is 4.69. The van der Waals surface area contributed by atoms with Gasteiger partial charge in [0.05, 0.1) is 19.3 Å². The van der Waals surface area contributed by atoms with Gasteiger partial charge in [0.15, 0.2) is 6.04 Å². The van der Waals surface area contributed by atoms with E-state index in [1.54, 1.807) is 0 Å². The monoisotopic (exact) mass is 294 g/mol. The zero-order valence-electron chi connectivity index (χ0n) is 11.7. The predicted octanol–water partition coefficient (Wildman–Crippen LogP) is 0.909. The summed E-state index contributed by atoms with van der Waals surface area (Å²) in [6.07, 6.45) is 0.631. The molecule has 1 aliphatic heterocycles. The number of rotatable bonds is 5. The van der Waals surface area contributed by atoms with Crippen LogP contribution >= 0.6 is 0 Å². The van der Waals surface area contributed by atoms with Crippen LogP contribution in [-0.2, 0) is 9.53 Å². The largest absolute Gasteiger partial charge is 0.493 e. The number of nitrogens with one attached hydrogen (secondary N) is 2. The highest BCUT2D eigenvalue weighted by atomic mass is 16.5. The number of aliphatic carboxylic acids is 1. The van der Waals surface area contributed by atoms with E-state index >= 15 is 0 Å². The molecular formula is C14H18N2O5. The molecular weight excluding hydrogens is 276 g/mol. The van der Waals surface area contributed by atoms with Gasteiger partial charge in [-0.15, -0.1) is 0 Å². The van der Waals surface area contributed by atoms with Crippen LogP contribution in [0, 0.1) is 0 Å². The number of carbonyl (C=O) groups is 2. The molecule has 0 radical (unpaired) electrons. The molecule has 1 aromatic rings. The van der Waals surface area contributed by atoms with Gasteiger partial charge >= 0.3 is 12.0 Å². The third-order valence-electron chi connectivity index (χ3n) is 3.20. The molecule has 2 rings (SSSR count). The SMILES string of the molecule is COCC(NC(=O)NC1CCOc2ccccc21)C(=O)O. The first kappa shape index (κ1) is 15.1. The van der Waals surface area contributed by atoms with Crippen LogP contribution in [0.4, 0.5) is 4.79 Å².